The number of rotatable bonds is 4. The van der Waals surface area contributed by atoms with E-state index >= 15 is 0 Å². The predicted molar refractivity (Wildman–Crippen MR) is 99.0 cm³/mol. The average molecular weight is 352 g/mol. The summed E-state index contributed by atoms with van der Waals surface area (Å²) in [5.41, 5.74) is 2.07. The summed E-state index contributed by atoms with van der Waals surface area (Å²) in [6, 6.07) is 15.7. The number of carbonyl (C=O) groups is 1. The molecule has 1 aromatic heterocycles. The van der Waals surface area contributed by atoms with E-state index < -0.39 is 9.84 Å². The molecule has 0 saturated carbocycles. The molecular weight excluding hydrogens is 336 g/mol. The Morgan fingerprint density at radius 2 is 1.84 bits per heavy atom. The first kappa shape index (κ1) is 16.9. The molecule has 0 fully saturated rings. The standard InChI is InChI=1S/C19H16N2O3S/c1-25(23,24)17-9-3-8-16(13-17)21-18(22)11-10-15-6-2-5-14-7-4-12-20-19(14)15/h2-13H,1H3,(H,21,22)/b11-10+. The number of aromatic nitrogens is 1. The van der Waals surface area contributed by atoms with Crippen molar-refractivity contribution >= 4 is 38.4 Å². The van der Waals surface area contributed by atoms with Crippen LogP contribution < -0.4 is 5.32 Å². The summed E-state index contributed by atoms with van der Waals surface area (Å²) in [6.45, 7) is 0. The Hall–Kier alpha value is -2.99. The molecule has 3 aromatic rings. The Morgan fingerprint density at radius 1 is 1.08 bits per heavy atom. The zero-order valence-electron chi connectivity index (χ0n) is 13.5. The summed E-state index contributed by atoms with van der Waals surface area (Å²) in [7, 11) is -3.32. The Morgan fingerprint density at radius 3 is 2.64 bits per heavy atom. The molecular formula is C19H16N2O3S. The van der Waals surface area contributed by atoms with Gasteiger partial charge in [0.25, 0.3) is 0 Å². The third-order valence-corrected chi connectivity index (χ3v) is 4.72. The molecule has 0 bridgehead atoms. The van der Waals surface area contributed by atoms with Gasteiger partial charge in [0.2, 0.25) is 5.91 Å². The molecule has 0 radical (unpaired) electrons. The lowest BCUT2D eigenvalue weighted by Crippen LogP contribution is -2.08. The van der Waals surface area contributed by atoms with Gasteiger partial charge in [-0.3, -0.25) is 9.78 Å². The highest BCUT2D eigenvalue weighted by Crippen LogP contribution is 2.18. The van der Waals surface area contributed by atoms with E-state index in [1.165, 1.54) is 18.2 Å². The highest BCUT2D eigenvalue weighted by molar-refractivity contribution is 7.90. The first-order valence-electron chi connectivity index (χ1n) is 7.56. The smallest absolute Gasteiger partial charge is 0.248 e. The monoisotopic (exact) mass is 352 g/mol. The van der Waals surface area contributed by atoms with Crippen molar-refractivity contribution in [2.24, 2.45) is 0 Å². The highest BCUT2D eigenvalue weighted by Gasteiger charge is 2.08. The molecule has 0 aliphatic rings. The van der Waals surface area contributed by atoms with Gasteiger partial charge in [-0.15, -0.1) is 0 Å². The first-order valence-corrected chi connectivity index (χ1v) is 9.45. The van der Waals surface area contributed by atoms with Crippen LogP contribution in [0.2, 0.25) is 0 Å². The number of hydrogen-bond acceptors (Lipinski definition) is 4. The van der Waals surface area contributed by atoms with E-state index in [0.717, 1.165) is 22.7 Å². The summed E-state index contributed by atoms with van der Waals surface area (Å²) >= 11 is 0. The number of carbonyl (C=O) groups excluding carboxylic acids is 1. The molecule has 0 spiro atoms. The zero-order valence-corrected chi connectivity index (χ0v) is 14.3. The van der Waals surface area contributed by atoms with Gasteiger partial charge >= 0.3 is 0 Å². The summed E-state index contributed by atoms with van der Waals surface area (Å²) in [6.07, 6.45) is 5.92. The molecule has 0 aliphatic carbocycles. The van der Waals surface area contributed by atoms with E-state index in [9.17, 15) is 13.2 Å². The molecule has 0 unspecified atom stereocenters. The van der Waals surface area contributed by atoms with Gasteiger partial charge in [0.1, 0.15) is 0 Å². The van der Waals surface area contributed by atoms with Crippen LogP contribution in [0.3, 0.4) is 0 Å². The number of para-hydroxylation sites is 1. The van der Waals surface area contributed by atoms with Gasteiger partial charge in [0.05, 0.1) is 10.4 Å². The summed E-state index contributed by atoms with van der Waals surface area (Å²) in [4.78, 5) is 16.6. The number of nitrogens with zero attached hydrogens (tertiary/aromatic N) is 1. The molecule has 5 nitrogen and oxygen atoms in total. The van der Waals surface area contributed by atoms with Gasteiger partial charge in [-0.2, -0.15) is 0 Å². The van der Waals surface area contributed by atoms with E-state index in [-0.39, 0.29) is 10.8 Å². The maximum absolute atomic E-state index is 12.1. The van der Waals surface area contributed by atoms with Crippen molar-refractivity contribution in [3.05, 3.63) is 72.4 Å². The molecule has 1 N–H and O–H groups in total. The van der Waals surface area contributed by atoms with Gasteiger partial charge in [-0.1, -0.05) is 30.3 Å². The Balaban J connectivity index is 1.80. The number of sulfone groups is 1. The molecule has 6 heteroatoms. The molecule has 1 heterocycles. The van der Waals surface area contributed by atoms with Crippen LogP contribution in [0.5, 0.6) is 0 Å². The van der Waals surface area contributed by atoms with Gasteiger partial charge in [-0.25, -0.2) is 8.42 Å². The number of anilines is 1. The average Bonchev–Trinajstić information content (AvgIpc) is 2.59. The lowest BCUT2D eigenvalue weighted by atomic mass is 10.1. The van der Waals surface area contributed by atoms with Crippen molar-refractivity contribution in [2.45, 2.75) is 4.90 Å². The van der Waals surface area contributed by atoms with Crippen LogP contribution in [0, 0.1) is 0 Å². The van der Waals surface area contributed by atoms with E-state index in [1.54, 1.807) is 24.4 Å². The number of amides is 1. The van der Waals surface area contributed by atoms with Crippen molar-refractivity contribution in [1.82, 2.24) is 4.98 Å². The maximum Gasteiger partial charge on any atom is 0.248 e. The molecule has 1 amide bonds. The van der Waals surface area contributed by atoms with Crippen LogP contribution >= 0.6 is 0 Å². The molecule has 2 aromatic carbocycles. The SMILES string of the molecule is CS(=O)(=O)c1cccc(NC(=O)/C=C/c2cccc3cccnc23)c1. The zero-order chi connectivity index (χ0) is 17.9. The second-order valence-corrected chi connectivity index (χ2v) is 7.56. The normalized spacial score (nSPS) is 11.7. The second kappa shape index (κ2) is 6.86. The number of nitrogens with one attached hydrogen (secondary N) is 1. The van der Waals surface area contributed by atoms with Crippen molar-refractivity contribution in [2.75, 3.05) is 11.6 Å². The largest absolute Gasteiger partial charge is 0.322 e. The predicted octanol–water partition coefficient (Wildman–Crippen LogP) is 3.29. The van der Waals surface area contributed by atoms with Gasteiger partial charge < -0.3 is 5.32 Å². The minimum absolute atomic E-state index is 0.160. The van der Waals surface area contributed by atoms with Crippen molar-refractivity contribution < 1.29 is 13.2 Å². The van der Waals surface area contributed by atoms with Crippen LogP contribution in [-0.2, 0) is 14.6 Å². The summed E-state index contributed by atoms with van der Waals surface area (Å²) in [5.74, 6) is -0.349. The van der Waals surface area contributed by atoms with Gasteiger partial charge in [0.15, 0.2) is 9.84 Å². The topological polar surface area (TPSA) is 76.1 Å². The minimum Gasteiger partial charge on any atom is -0.322 e. The first-order chi connectivity index (χ1) is 11.9. The van der Waals surface area contributed by atoms with Gasteiger partial charge in [0, 0.05) is 35.2 Å². The third kappa shape index (κ3) is 4.10. The minimum atomic E-state index is -3.32. The molecule has 25 heavy (non-hydrogen) atoms. The van der Waals surface area contributed by atoms with E-state index in [0.29, 0.717) is 5.69 Å². The van der Waals surface area contributed by atoms with Crippen molar-refractivity contribution in [3.8, 4) is 0 Å². The molecule has 0 aliphatic heterocycles. The van der Waals surface area contributed by atoms with Crippen molar-refractivity contribution in [3.63, 3.8) is 0 Å². The van der Waals surface area contributed by atoms with Crippen molar-refractivity contribution in [1.29, 1.82) is 0 Å². The number of pyridine rings is 1. The Labute approximate surface area is 145 Å². The second-order valence-electron chi connectivity index (χ2n) is 5.54. The van der Waals surface area contributed by atoms with Gasteiger partial charge in [-0.05, 0) is 30.3 Å². The molecule has 3 rings (SSSR count). The van der Waals surface area contributed by atoms with E-state index in [4.69, 9.17) is 0 Å². The molecule has 126 valence electrons. The summed E-state index contributed by atoms with van der Waals surface area (Å²) in [5, 5.41) is 3.65. The lowest BCUT2D eigenvalue weighted by molar-refractivity contribution is -0.111. The molecule has 0 saturated heterocycles. The van der Waals surface area contributed by atoms with Crippen LogP contribution in [-0.4, -0.2) is 25.6 Å². The van der Waals surface area contributed by atoms with Crippen LogP contribution in [0.15, 0.2) is 71.8 Å². The van der Waals surface area contributed by atoms with Crippen LogP contribution in [0.1, 0.15) is 5.56 Å². The number of fused-ring (bicyclic) bond motifs is 1. The quantitative estimate of drug-likeness (QED) is 0.731. The Kier molecular flexibility index (Phi) is 4.63. The highest BCUT2D eigenvalue weighted by atomic mass is 32.2. The van der Waals surface area contributed by atoms with Crippen LogP contribution in [0.25, 0.3) is 17.0 Å². The van der Waals surface area contributed by atoms with Crippen LogP contribution in [0.4, 0.5) is 5.69 Å². The lowest BCUT2D eigenvalue weighted by Gasteiger charge is -2.05. The third-order valence-electron chi connectivity index (χ3n) is 3.61. The van der Waals surface area contributed by atoms with E-state index in [1.807, 2.05) is 30.3 Å². The van der Waals surface area contributed by atoms with E-state index in [2.05, 4.69) is 10.3 Å². The maximum atomic E-state index is 12.1. The molecule has 0 atom stereocenters. The fourth-order valence-electron chi connectivity index (χ4n) is 2.42. The number of benzene rings is 2. The fourth-order valence-corrected chi connectivity index (χ4v) is 3.08. The number of hydrogen-bond donors (Lipinski definition) is 1. The summed E-state index contributed by atoms with van der Waals surface area (Å²) < 4.78 is 23.1. The Bertz CT molecular complexity index is 1070. The fraction of sp³-hybridized carbons (Fsp3) is 0.0526.